The van der Waals surface area contributed by atoms with Gasteiger partial charge in [0.15, 0.2) is 23.3 Å². The molecular formula is C14H6F8. The SMILES string of the molecule is Cc1cccc(C(F)(F)F)c1-c1c(F)c(F)c(F)c(F)c1F. The molecule has 8 heteroatoms. The molecule has 0 aliphatic carbocycles. The fourth-order valence-electron chi connectivity index (χ4n) is 2.06. The maximum atomic E-state index is 13.7. The van der Waals surface area contributed by atoms with Crippen LogP contribution in [-0.2, 0) is 6.18 Å². The van der Waals surface area contributed by atoms with E-state index in [9.17, 15) is 35.1 Å². The lowest BCUT2D eigenvalue weighted by molar-refractivity contribution is -0.137. The van der Waals surface area contributed by atoms with Gasteiger partial charge in [-0.1, -0.05) is 12.1 Å². The first kappa shape index (κ1) is 16.3. The zero-order chi connectivity index (χ0) is 16.8. The van der Waals surface area contributed by atoms with Crippen LogP contribution in [-0.4, -0.2) is 0 Å². The van der Waals surface area contributed by atoms with Crippen molar-refractivity contribution < 1.29 is 35.1 Å². The lowest BCUT2D eigenvalue weighted by atomic mass is 9.93. The third-order valence-corrected chi connectivity index (χ3v) is 3.04. The van der Waals surface area contributed by atoms with Crippen molar-refractivity contribution in [2.75, 3.05) is 0 Å². The van der Waals surface area contributed by atoms with Gasteiger partial charge in [0, 0.05) is 5.56 Å². The van der Waals surface area contributed by atoms with E-state index in [0.717, 1.165) is 19.1 Å². The molecule has 0 fully saturated rings. The van der Waals surface area contributed by atoms with Gasteiger partial charge in [-0.2, -0.15) is 13.2 Å². The highest BCUT2D eigenvalue weighted by molar-refractivity contribution is 5.73. The summed E-state index contributed by atoms with van der Waals surface area (Å²) < 4.78 is 106. The van der Waals surface area contributed by atoms with Gasteiger partial charge in [0.1, 0.15) is 0 Å². The predicted molar refractivity (Wildman–Crippen MR) is 61.4 cm³/mol. The Kier molecular flexibility index (Phi) is 3.88. The minimum atomic E-state index is -5.03. The summed E-state index contributed by atoms with van der Waals surface area (Å²) in [6.45, 7) is 1.07. The van der Waals surface area contributed by atoms with E-state index in [4.69, 9.17) is 0 Å². The average Bonchev–Trinajstić information content (AvgIpc) is 2.43. The molecule has 0 nitrogen and oxygen atoms in total. The molecule has 0 bridgehead atoms. The second-order valence-corrected chi connectivity index (χ2v) is 4.44. The molecule has 0 aliphatic rings. The largest absolute Gasteiger partial charge is 0.417 e. The van der Waals surface area contributed by atoms with Gasteiger partial charge in [-0.05, 0) is 18.6 Å². The van der Waals surface area contributed by atoms with Crippen molar-refractivity contribution in [3.8, 4) is 11.1 Å². The summed E-state index contributed by atoms with van der Waals surface area (Å²) in [7, 11) is 0. The van der Waals surface area contributed by atoms with Crippen LogP contribution in [0.25, 0.3) is 11.1 Å². The minimum absolute atomic E-state index is 0.280. The number of hydrogen-bond donors (Lipinski definition) is 0. The van der Waals surface area contributed by atoms with Crippen molar-refractivity contribution in [1.29, 1.82) is 0 Å². The Bertz CT molecular complexity index is 716. The Morgan fingerprint density at radius 2 is 1.14 bits per heavy atom. The lowest BCUT2D eigenvalue weighted by Crippen LogP contribution is -2.11. The van der Waals surface area contributed by atoms with E-state index in [2.05, 4.69) is 0 Å². The number of halogens is 8. The topological polar surface area (TPSA) is 0 Å². The quantitative estimate of drug-likeness (QED) is 0.375. The molecule has 118 valence electrons. The molecule has 0 radical (unpaired) electrons. The van der Waals surface area contributed by atoms with Crippen LogP contribution in [0.3, 0.4) is 0 Å². The van der Waals surface area contributed by atoms with Crippen LogP contribution in [0.4, 0.5) is 35.1 Å². The van der Waals surface area contributed by atoms with Crippen LogP contribution in [0.2, 0.25) is 0 Å². The molecule has 2 aromatic rings. The average molecular weight is 326 g/mol. The van der Waals surface area contributed by atoms with Gasteiger partial charge < -0.3 is 0 Å². The van der Waals surface area contributed by atoms with E-state index in [1.165, 1.54) is 0 Å². The molecule has 0 spiro atoms. The monoisotopic (exact) mass is 326 g/mol. The third kappa shape index (κ3) is 2.42. The third-order valence-electron chi connectivity index (χ3n) is 3.04. The predicted octanol–water partition coefficient (Wildman–Crippen LogP) is 5.38. The first-order valence-corrected chi connectivity index (χ1v) is 5.76. The number of rotatable bonds is 1. The summed E-state index contributed by atoms with van der Waals surface area (Å²) in [5.41, 5.74) is -4.45. The molecule has 0 aliphatic heterocycles. The van der Waals surface area contributed by atoms with Crippen LogP contribution >= 0.6 is 0 Å². The Hall–Kier alpha value is -2.12. The highest BCUT2D eigenvalue weighted by atomic mass is 19.4. The van der Waals surface area contributed by atoms with Crippen molar-refractivity contribution in [2.45, 2.75) is 13.1 Å². The van der Waals surface area contributed by atoms with Crippen molar-refractivity contribution >= 4 is 0 Å². The number of benzene rings is 2. The van der Waals surface area contributed by atoms with Crippen LogP contribution in [0.5, 0.6) is 0 Å². The molecule has 22 heavy (non-hydrogen) atoms. The van der Waals surface area contributed by atoms with E-state index in [0.29, 0.717) is 6.07 Å². The maximum Gasteiger partial charge on any atom is 0.417 e. The van der Waals surface area contributed by atoms with Crippen molar-refractivity contribution in [2.24, 2.45) is 0 Å². The maximum absolute atomic E-state index is 13.7. The van der Waals surface area contributed by atoms with E-state index in [-0.39, 0.29) is 5.56 Å². The van der Waals surface area contributed by atoms with Crippen LogP contribution in [0.1, 0.15) is 11.1 Å². The first-order chi connectivity index (χ1) is 10.1. The van der Waals surface area contributed by atoms with E-state index < -0.39 is 52.0 Å². The van der Waals surface area contributed by atoms with Crippen LogP contribution < -0.4 is 0 Å². The van der Waals surface area contributed by atoms with Gasteiger partial charge in [0.05, 0.1) is 11.1 Å². The molecule has 2 rings (SSSR count). The minimum Gasteiger partial charge on any atom is -0.203 e. The number of alkyl halides is 3. The van der Waals surface area contributed by atoms with Crippen LogP contribution in [0, 0.1) is 36.0 Å². The smallest absolute Gasteiger partial charge is 0.203 e. The highest BCUT2D eigenvalue weighted by Gasteiger charge is 2.37. The van der Waals surface area contributed by atoms with Gasteiger partial charge in [-0.15, -0.1) is 0 Å². The number of aryl methyl sites for hydroxylation is 1. The van der Waals surface area contributed by atoms with Gasteiger partial charge in [0.2, 0.25) is 5.82 Å². The Morgan fingerprint density at radius 3 is 1.59 bits per heavy atom. The van der Waals surface area contributed by atoms with Crippen molar-refractivity contribution in [1.82, 2.24) is 0 Å². The molecule has 0 saturated heterocycles. The van der Waals surface area contributed by atoms with Gasteiger partial charge in [-0.3, -0.25) is 0 Å². The fraction of sp³-hybridized carbons (Fsp3) is 0.143. The summed E-state index contributed by atoms with van der Waals surface area (Å²) in [5.74, 6) is -11.6. The van der Waals surface area contributed by atoms with E-state index >= 15 is 0 Å². The molecule has 0 unspecified atom stereocenters. The molecule has 0 atom stereocenters. The van der Waals surface area contributed by atoms with E-state index in [1.807, 2.05) is 0 Å². The zero-order valence-corrected chi connectivity index (χ0v) is 10.8. The summed E-state index contributed by atoms with van der Waals surface area (Å²) in [4.78, 5) is 0. The Balaban J connectivity index is 2.96. The van der Waals surface area contributed by atoms with Gasteiger partial charge >= 0.3 is 6.18 Å². The molecule has 0 heterocycles. The normalized spacial score (nSPS) is 11.9. The summed E-state index contributed by atoms with van der Waals surface area (Å²) in [6, 6.07) is 2.54. The summed E-state index contributed by atoms with van der Waals surface area (Å²) in [5, 5.41) is 0. The Labute approximate surface area is 119 Å². The summed E-state index contributed by atoms with van der Waals surface area (Å²) >= 11 is 0. The Morgan fingerprint density at radius 1 is 0.682 bits per heavy atom. The highest BCUT2D eigenvalue weighted by Crippen LogP contribution is 2.42. The molecule has 2 aromatic carbocycles. The number of hydrogen-bond acceptors (Lipinski definition) is 0. The molecule has 0 aromatic heterocycles. The molecule has 0 saturated carbocycles. The lowest BCUT2D eigenvalue weighted by Gasteiger charge is -2.17. The van der Waals surface area contributed by atoms with Gasteiger partial charge in [-0.25, -0.2) is 22.0 Å². The second-order valence-electron chi connectivity index (χ2n) is 4.44. The first-order valence-electron chi connectivity index (χ1n) is 5.76. The second kappa shape index (κ2) is 5.26. The standard InChI is InChI=1S/C14H6F8/c1-5-3-2-4-6(14(20,21)22)7(5)8-9(15)11(17)13(19)12(18)10(8)16/h2-4H,1H3. The molecule has 0 N–H and O–H groups in total. The van der Waals surface area contributed by atoms with Crippen molar-refractivity contribution in [3.05, 3.63) is 58.4 Å². The fourth-order valence-corrected chi connectivity index (χ4v) is 2.06. The molecule has 0 amide bonds. The van der Waals surface area contributed by atoms with E-state index in [1.54, 1.807) is 0 Å². The molecular weight excluding hydrogens is 320 g/mol. The summed E-state index contributed by atoms with van der Waals surface area (Å²) in [6.07, 6.45) is -5.03. The van der Waals surface area contributed by atoms with Gasteiger partial charge in [0.25, 0.3) is 0 Å². The van der Waals surface area contributed by atoms with Crippen molar-refractivity contribution in [3.63, 3.8) is 0 Å². The van der Waals surface area contributed by atoms with Crippen LogP contribution in [0.15, 0.2) is 18.2 Å². The zero-order valence-electron chi connectivity index (χ0n) is 10.8.